The number of hydrazine groups is 1. The van der Waals surface area contributed by atoms with Crippen LogP contribution in [-0.2, 0) is 11.8 Å². The molecule has 2 aromatic rings. The maximum Gasteiger partial charge on any atom is 0.262 e. The molecule has 0 aliphatic rings. The fourth-order valence-corrected chi connectivity index (χ4v) is 1.84. The zero-order valence-electron chi connectivity index (χ0n) is 12.1. The summed E-state index contributed by atoms with van der Waals surface area (Å²) in [5, 5.41) is 13.1. The number of hydrogen-bond donors (Lipinski definition) is 2. The number of carbonyl (C=O) groups excluding carboxylic acids is 1. The SMILES string of the molecule is Cc1nn(C)c(NNC(=O)/C=C/c2ccc(F)cc2)c1C#N. The van der Waals surface area contributed by atoms with Crippen LogP contribution < -0.4 is 10.9 Å². The van der Waals surface area contributed by atoms with Gasteiger partial charge in [-0.15, -0.1) is 0 Å². The van der Waals surface area contributed by atoms with Crippen molar-refractivity contribution in [1.82, 2.24) is 15.2 Å². The lowest BCUT2D eigenvalue weighted by Crippen LogP contribution is -2.29. The maximum absolute atomic E-state index is 12.8. The topological polar surface area (TPSA) is 82.7 Å². The second-order valence-corrected chi connectivity index (χ2v) is 4.54. The maximum atomic E-state index is 12.8. The number of aromatic nitrogens is 2. The van der Waals surface area contributed by atoms with E-state index in [4.69, 9.17) is 5.26 Å². The minimum atomic E-state index is -0.410. The summed E-state index contributed by atoms with van der Waals surface area (Å²) in [5.74, 6) is -0.338. The van der Waals surface area contributed by atoms with Crippen molar-refractivity contribution >= 4 is 17.8 Å². The first kappa shape index (κ1) is 15.3. The second-order valence-electron chi connectivity index (χ2n) is 4.54. The third-order valence-corrected chi connectivity index (χ3v) is 2.94. The summed E-state index contributed by atoms with van der Waals surface area (Å²) in [4.78, 5) is 11.7. The highest BCUT2D eigenvalue weighted by atomic mass is 19.1. The summed E-state index contributed by atoms with van der Waals surface area (Å²) in [5.41, 5.74) is 6.75. The molecule has 0 unspecified atom stereocenters. The number of nitrogens with one attached hydrogen (secondary N) is 2. The van der Waals surface area contributed by atoms with Crippen molar-refractivity contribution in [3.8, 4) is 6.07 Å². The molecule has 2 rings (SSSR count). The Hall–Kier alpha value is -3.14. The van der Waals surface area contributed by atoms with Crippen molar-refractivity contribution in [2.75, 3.05) is 5.43 Å². The quantitative estimate of drug-likeness (QED) is 0.667. The van der Waals surface area contributed by atoms with Crippen molar-refractivity contribution in [2.45, 2.75) is 6.92 Å². The van der Waals surface area contributed by atoms with Gasteiger partial charge in [0.2, 0.25) is 0 Å². The first-order chi connectivity index (χ1) is 10.5. The molecule has 2 N–H and O–H groups in total. The van der Waals surface area contributed by atoms with Crippen LogP contribution in [0.4, 0.5) is 10.2 Å². The first-order valence-corrected chi connectivity index (χ1v) is 6.44. The molecule has 0 saturated carbocycles. The number of rotatable bonds is 4. The smallest absolute Gasteiger partial charge is 0.262 e. The highest BCUT2D eigenvalue weighted by molar-refractivity contribution is 5.92. The van der Waals surface area contributed by atoms with Crippen molar-refractivity contribution in [3.63, 3.8) is 0 Å². The predicted octanol–water partition coefficient (Wildman–Crippen LogP) is 1.90. The Kier molecular flexibility index (Phi) is 4.53. The number of halogens is 1. The van der Waals surface area contributed by atoms with Crippen LogP contribution in [0.3, 0.4) is 0 Å². The van der Waals surface area contributed by atoms with Gasteiger partial charge in [0.1, 0.15) is 17.4 Å². The number of amides is 1. The van der Waals surface area contributed by atoms with E-state index in [0.717, 1.165) is 0 Å². The molecule has 0 aliphatic heterocycles. The summed E-state index contributed by atoms with van der Waals surface area (Å²) in [6.07, 6.45) is 2.85. The standard InChI is InChI=1S/C15H14FN5O/c1-10-13(9-17)15(21(2)20-10)19-18-14(22)8-5-11-3-6-12(16)7-4-11/h3-8,19H,1-2H3,(H,18,22)/b8-5+. The van der Waals surface area contributed by atoms with Crippen LogP contribution in [0, 0.1) is 24.1 Å². The third kappa shape index (κ3) is 3.49. The van der Waals surface area contributed by atoms with Gasteiger partial charge in [-0.1, -0.05) is 12.1 Å². The van der Waals surface area contributed by atoms with Gasteiger partial charge in [0.25, 0.3) is 5.91 Å². The molecule has 1 amide bonds. The van der Waals surface area contributed by atoms with E-state index in [1.807, 2.05) is 6.07 Å². The van der Waals surface area contributed by atoms with Crippen LogP contribution in [0.1, 0.15) is 16.8 Å². The van der Waals surface area contributed by atoms with E-state index >= 15 is 0 Å². The largest absolute Gasteiger partial charge is 0.281 e. The van der Waals surface area contributed by atoms with E-state index in [2.05, 4.69) is 16.0 Å². The second kappa shape index (κ2) is 6.54. The Bertz CT molecular complexity index is 755. The van der Waals surface area contributed by atoms with Crippen molar-refractivity contribution < 1.29 is 9.18 Å². The van der Waals surface area contributed by atoms with E-state index in [9.17, 15) is 9.18 Å². The van der Waals surface area contributed by atoms with Gasteiger partial charge in [-0.2, -0.15) is 10.4 Å². The normalized spacial score (nSPS) is 10.5. The first-order valence-electron chi connectivity index (χ1n) is 6.44. The molecule has 0 fully saturated rings. The van der Waals surface area contributed by atoms with E-state index < -0.39 is 5.91 Å². The van der Waals surface area contributed by atoms with Crippen LogP contribution in [0.5, 0.6) is 0 Å². The Morgan fingerprint density at radius 2 is 2.09 bits per heavy atom. The van der Waals surface area contributed by atoms with Crippen molar-refractivity contribution in [1.29, 1.82) is 5.26 Å². The third-order valence-electron chi connectivity index (χ3n) is 2.94. The minimum absolute atomic E-state index is 0.334. The molecule has 1 heterocycles. The highest BCUT2D eigenvalue weighted by Gasteiger charge is 2.12. The van der Waals surface area contributed by atoms with E-state index in [1.165, 1.54) is 22.9 Å². The van der Waals surface area contributed by atoms with Gasteiger partial charge in [-0.25, -0.2) is 4.39 Å². The van der Waals surface area contributed by atoms with Gasteiger partial charge in [-0.3, -0.25) is 20.3 Å². The molecule has 0 atom stereocenters. The molecule has 0 bridgehead atoms. The molecule has 0 aliphatic carbocycles. The summed E-state index contributed by atoms with van der Waals surface area (Å²) in [6, 6.07) is 7.77. The molecule has 112 valence electrons. The lowest BCUT2D eigenvalue weighted by Gasteiger charge is -2.06. The van der Waals surface area contributed by atoms with Gasteiger partial charge in [0, 0.05) is 13.1 Å². The van der Waals surface area contributed by atoms with Crippen LogP contribution in [-0.4, -0.2) is 15.7 Å². The highest BCUT2D eigenvalue weighted by Crippen LogP contribution is 2.16. The summed E-state index contributed by atoms with van der Waals surface area (Å²) in [6.45, 7) is 1.71. The zero-order valence-corrected chi connectivity index (χ0v) is 12.1. The monoisotopic (exact) mass is 299 g/mol. The predicted molar refractivity (Wildman–Crippen MR) is 79.9 cm³/mol. The molecule has 0 spiro atoms. The number of nitrogens with zero attached hydrogens (tertiary/aromatic N) is 3. The molecule has 0 saturated heterocycles. The van der Waals surface area contributed by atoms with Gasteiger partial charge >= 0.3 is 0 Å². The Morgan fingerprint density at radius 1 is 1.41 bits per heavy atom. The molecule has 7 heteroatoms. The summed E-state index contributed by atoms with van der Waals surface area (Å²) < 4.78 is 14.2. The van der Waals surface area contributed by atoms with Crippen LogP contribution in [0.15, 0.2) is 30.3 Å². The number of anilines is 1. The number of carbonyl (C=O) groups is 1. The molecule has 1 aromatic carbocycles. The van der Waals surface area contributed by atoms with E-state index in [-0.39, 0.29) is 5.82 Å². The zero-order chi connectivity index (χ0) is 16.1. The number of benzene rings is 1. The Labute approximate surface area is 126 Å². The fourth-order valence-electron chi connectivity index (χ4n) is 1.84. The molecular formula is C15H14FN5O. The average molecular weight is 299 g/mol. The van der Waals surface area contributed by atoms with Crippen LogP contribution in [0.2, 0.25) is 0 Å². The van der Waals surface area contributed by atoms with Crippen molar-refractivity contribution in [3.05, 3.63) is 53.0 Å². The minimum Gasteiger partial charge on any atom is -0.281 e. The van der Waals surface area contributed by atoms with Crippen LogP contribution in [0.25, 0.3) is 6.08 Å². The molecular weight excluding hydrogens is 285 g/mol. The number of hydrogen-bond acceptors (Lipinski definition) is 4. The average Bonchev–Trinajstić information content (AvgIpc) is 2.77. The lowest BCUT2D eigenvalue weighted by atomic mass is 10.2. The van der Waals surface area contributed by atoms with Crippen LogP contribution >= 0.6 is 0 Å². The molecule has 1 aromatic heterocycles. The fraction of sp³-hybridized carbons (Fsp3) is 0.133. The Balaban J connectivity index is 1.99. The van der Waals surface area contributed by atoms with Crippen molar-refractivity contribution in [2.24, 2.45) is 7.05 Å². The summed E-state index contributed by atoms with van der Waals surface area (Å²) in [7, 11) is 1.66. The molecule has 0 radical (unpaired) electrons. The molecule has 6 nitrogen and oxygen atoms in total. The van der Waals surface area contributed by atoms with Gasteiger partial charge in [0.05, 0.1) is 5.69 Å². The van der Waals surface area contributed by atoms with Gasteiger partial charge < -0.3 is 0 Å². The Morgan fingerprint density at radius 3 is 2.73 bits per heavy atom. The van der Waals surface area contributed by atoms with E-state index in [1.54, 1.807) is 32.2 Å². The number of aryl methyl sites for hydroxylation is 2. The van der Waals surface area contributed by atoms with Gasteiger partial charge in [-0.05, 0) is 30.7 Å². The summed E-state index contributed by atoms with van der Waals surface area (Å²) >= 11 is 0. The van der Waals surface area contributed by atoms with E-state index in [0.29, 0.717) is 22.6 Å². The lowest BCUT2D eigenvalue weighted by molar-refractivity contribution is -0.116. The van der Waals surface area contributed by atoms with Gasteiger partial charge in [0.15, 0.2) is 5.82 Å². The number of nitriles is 1. The molecule has 22 heavy (non-hydrogen) atoms.